The maximum atomic E-state index is 4.34. The SMILES string of the molecule is CN=C(NCc1nnc2ccccn12)NC(C)CCC1CCCCC1.I. The molecular weight excluding hydrogens is 439 g/mol. The molecule has 2 aromatic heterocycles. The molecule has 1 aliphatic rings. The number of guanidine groups is 1. The smallest absolute Gasteiger partial charge is 0.191 e. The van der Waals surface area contributed by atoms with Crippen LogP contribution in [0.15, 0.2) is 29.4 Å². The Morgan fingerprint density at radius 1 is 1.27 bits per heavy atom. The van der Waals surface area contributed by atoms with Gasteiger partial charge in [-0.25, -0.2) is 0 Å². The standard InChI is InChI=1S/C19H30N6.HI/c1-15(11-12-16-8-4-3-5-9-16)22-19(20-2)21-14-18-24-23-17-10-6-7-13-25(17)18;/h6-7,10,13,15-16H,3-5,8-9,11-12,14H2,1-2H3,(H2,20,21,22);1H. The molecule has 1 fully saturated rings. The minimum Gasteiger partial charge on any atom is -0.354 e. The summed E-state index contributed by atoms with van der Waals surface area (Å²) >= 11 is 0. The largest absolute Gasteiger partial charge is 0.354 e. The van der Waals surface area contributed by atoms with Crippen molar-refractivity contribution in [3.05, 3.63) is 30.2 Å². The quantitative estimate of drug-likeness (QED) is 0.384. The van der Waals surface area contributed by atoms with E-state index in [2.05, 4.69) is 32.7 Å². The van der Waals surface area contributed by atoms with Crippen molar-refractivity contribution in [1.82, 2.24) is 25.2 Å². The van der Waals surface area contributed by atoms with Gasteiger partial charge in [0.05, 0.1) is 6.54 Å². The molecule has 1 saturated carbocycles. The van der Waals surface area contributed by atoms with E-state index in [0.29, 0.717) is 12.6 Å². The number of fused-ring (bicyclic) bond motifs is 1. The Balaban J connectivity index is 0.00000243. The maximum Gasteiger partial charge on any atom is 0.191 e. The highest BCUT2D eigenvalue weighted by molar-refractivity contribution is 14.0. The summed E-state index contributed by atoms with van der Waals surface area (Å²) in [6, 6.07) is 6.33. The predicted octanol–water partition coefficient (Wildman–Crippen LogP) is 3.76. The molecule has 2 heterocycles. The minimum atomic E-state index is 0. The molecule has 3 rings (SSSR count). The third-order valence-electron chi connectivity index (χ3n) is 5.14. The lowest BCUT2D eigenvalue weighted by molar-refractivity contribution is 0.322. The second-order valence-corrected chi connectivity index (χ2v) is 7.10. The van der Waals surface area contributed by atoms with E-state index < -0.39 is 0 Å². The van der Waals surface area contributed by atoms with Gasteiger partial charge in [-0.05, 0) is 37.8 Å². The van der Waals surface area contributed by atoms with Crippen molar-refractivity contribution in [2.45, 2.75) is 64.5 Å². The van der Waals surface area contributed by atoms with Gasteiger partial charge in [0.15, 0.2) is 17.4 Å². The van der Waals surface area contributed by atoms with Gasteiger partial charge in [0.2, 0.25) is 0 Å². The van der Waals surface area contributed by atoms with Crippen LogP contribution in [0.3, 0.4) is 0 Å². The second-order valence-electron chi connectivity index (χ2n) is 7.10. The van der Waals surface area contributed by atoms with E-state index in [9.17, 15) is 0 Å². The Morgan fingerprint density at radius 2 is 2.08 bits per heavy atom. The molecule has 1 aliphatic carbocycles. The fraction of sp³-hybridized carbons (Fsp3) is 0.632. The predicted molar refractivity (Wildman–Crippen MR) is 117 cm³/mol. The topological polar surface area (TPSA) is 66.6 Å². The third-order valence-corrected chi connectivity index (χ3v) is 5.14. The Kier molecular flexibility index (Phi) is 8.61. The molecule has 1 atom stereocenters. The van der Waals surface area contributed by atoms with E-state index >= 15 is 0 Å². The molecule has 7 heteroatoms. The molecule has 144 valence electrons. The first-order valence-corrected chi connectivity index (χ1v) is 9.52. The van der Waals surface area contributed by atoms with Gasteiger partial charge >= 0.3 is 0 Å². The molecular formula is C19H31IN6. The molecule has 1 unspecified atom stereocenters. The molecule has 0 radical (unpaired) electrons. The van der Waals surface area contributed by atoms with Crippen molar-refractivity contribution in [3.8, 4) is 0 Å². The first-order valence-electron chi connectivity index (χ1n) is 9.52. The van der Waals surface area contributed by atoms with Gasteiger partial charge in [0.1, 0.15) is 0 Å². The molecule has 2 N–H and O–H groups in total. The Morgan fingerprint density at radius 3 is 2.85 bits per heavy atom. The highest BCUT2D eigenvalue weighted by Crippen LogP contribution is 2.27. The van der Waals surface area contributed by atoms with Gasteiger partial charge in [-0.1, -0.05) is 38.2 Å². The van der Waals surface area contributed by atoms with Crippen molar-refractivity contribution in [2.24, 2.45) is 10.9 Å². The Hall–Kier alpha value is -1.38. The average Bonchev–Trinajstić information content (AvgIpc) is 3.07. The van der Waals surface area contributed by atoms with Crippen LogP contribution in [0.4, 0.5) is 0 Å². The third kappa shape index (κ3) is 5.82. The Bertz CT molecular complexity index is 692. The van der Waals surface area contributed by atoms with Crippen LogP contribution in [-0.4, -0.2) is 33.6 Å². The van der Waals surface area contributed by atoms with E-state index in [1.807, 2.05) is 35.8 Å². The number of aliphatic imine (C=N–C) groups is 1. The number of nitrogens with one attached hydrogen (secondary N) is 2. The van der Waals surface area contributed by atoms with Gasteiger partial charge < -0.3 is 10.6 Å². The number of hydrogen-bond donors (Lipinski definition) is 2. The summed E-state index contributed by atoms with van der Waals surface area (Å²) < 4.78 is 1.99. The average molecular weight is 470 g/mol. The summed E-state index contributed by atoms with van der Waals surface area (Å²) in [5.41, 5.74) is 0.864. The summed E-state index contributed by atoms with van der Waals surface area (Å²) in [6.45, 7) is 2.84. The van der Waals surface area contributed by atoms with E-state index in [0.717, 1.165) is 23.3 Å². The van der Waals surface area contributed by atoms with Crippen LogP contribution < -0.4 is 10.6 Å². The van der Waals surface area contributed by atoms with Crippen LogP contribution in [0.1, 0.15) is 57.7 Å². The first kappa shape index (κ1) is 20.9. The van der Waals surface area contributed by atoms with Gasteiger partial charge in [-0.3, -0.25) is 9.39 Å². The highest BCUT2D eigenvalue weighted by atomic mass is 127. The monoisotopic (exact) mass is 470 g/mol. The molecule has 0 aliphatic heterocycles. The Labute approximate surface area is 173 Å². The van der Waals surface area contributed by atoms with E-state index in [1.165, 1.54) is 44.9 Å². The molecule has 0 amide bonds. The molecule has 0 bridgehead atoms. The van der Waals surface area contributed by atoms with Crippen molar-refractivity contribution in [3.63, 3.8) is 0 Å². The fourth-order valence-electron chi connectivity index (χ4n) is 3.64. The number of hydrogen-bond acceptors (Lipinski definition) is 3. The van der Waals surface area contributed by atoms with Crippen molar-refractivity contribution in [1.29, 1.82) is 0 Å². The van der Waals surface area contributed by atoms with Crippen LogP contribution in [0.2, 0.25) is 0 Å². The zero-order valence-electron chi connectivity index (χ0n) is 15.8. The lowest BCUT2D eigenvalue weighted by Gasteiger charge is -2.24. The zero-order valence-corrected chi connectivity index (χ0v) is 18.1. The first-order chi connectivity index (χ1) is 12.3. The zero-order chi connectivity index (χ0) is 17.5. The number of nitrogens with zero attached hydrogens (tertiary/aromatic N) is 4. The van der Waals surface area contributed by atoms with Crippen LogP contribution in [-0.2, 0) is 6.54 Å². The van der Waals surface area contributed by atoms with Gasteiger partial charge in [0, 0.05) is 19.3 Å². The maximum absolute atomic E-state index is 4.34. The lowest BCUT2D eigenvalue weighted by Crippen LogP contribution is -2.42. The van der Waals surface area contributed by atoms with Crippen molar-refractivity contribution in [2.75, 3.05) is 7.05 Å². The van der Waals surface area contributed by atoms with Gasteiger partial charge in [-0.2, -0.15) is 0 Å². The van der Waals surface area contributed by atoms with E-state index in [1.54, 1.807) is 0 Å². The van der Waals surface area contributed by atoms with Crippen LogP contribution in [0.25, 0.3) is 5.65 Å². The van der Waals surface area contributed by atoms with Gasteiger partial charge in [-0.15, -0.1) is 34.2 Å². The molecule has 2 aromatic rings. The van der Waals surface area contributed by atoms with Crippen molar-refractivity contribution < 1.29 is 0 Å². The van der Waals surface area contributed by atoms with Crippen LogP contribution in [0.5, 0.6) is 0 Å². The summed E-state index contributed by atoms with van der Waals surface area (Å²) in [5.74, 6) is 2.63. The number of halogens is 1. The van der Waals surface area contributed by atoms with Crippen molar-refractivity contribution >= 4 is 35.6 Å². The number of aromatic nitrogens is 3. The minimum absolute atomic E-state index is 0. The van der Waals surface area contributed by atoms with Crippen LogP contribution in [0, 0.1) is 5.92 Å². The van der Waals surface area contributed by atoms with E-state index in [4.69, 9.17) is 0 Å². The molecule has 0 saturated heterocycles. The van der Waals surface area contributed by atoms with Crippen LogP contribution >= 0.6 is 24.0 Å². The lowest BCUT2D eigenvalue weighted by atomic mass is 9.85. The summed E-state index contributed by atoms with van der Waals surface area (Å²) in [7, 11) is 1.81. The van der Waals surface area contributed by atoms with Gasteiger partial charge in [0.25, 0.3) is 0 Å². The highest BCUT2D eigenvalue weighted by Gasteiger charge is 2.15. The molecule has 26 heavy (non-hydrogen) atoms. The molecule has 0 spiro atoms. The fourth-order valence-corrected chi connectivity index (χ4v) is 3.64. The summed E-state index contributed by atoms with van der Waals surface area (Å²) in [4.78, 5) is 4.34. The molecule has 6 nitrogen and oxygen atoms in total. The normalized spacial score (nSPS) is 16.9. The second kappa shape index (κ2) is 10.7. The summed E-state index contributed by atoms with van der Waals surface area (Å²) in [5, 5.41) is 15.3. The number of rotatable bonds is 6. The number of pyridine rings is 1. The molecule has 0 aromatic carbocycles. The summed E-state index contributed by atoms with van der Waals surface area (Å²) in [6.07, 6.45) is 11.6. The van der Waals surface area contributed by atoms with E-state index in [-0.39, 0.29) is 24.0 Å².